The van der Waals surface area contributed by atoms with E-state index in [0.29, 0.717) is 35.4 Å². The van der Waals surface area contributed by atoms with Crippen molar-refractivity contribution in [2.75, 3.05) is 13.7 Å². The van der Waals surface area contributed by atoms with Gasteiger partial charge >= 0.3 is 6.09 Å². The van der Waals surface area contributed by atoms with E-state index >= 15 is 0 Å². The van der Waals surface area contributed by atoms with Crippen molar-refractivity contribution < 1.29 is 33.0 Å². The number of nitrogens with zero attached hydrogens (tertiary/aromatic N) is 2. The molecule has 2 aromatic rings. The molecule has 4 N–H and O–H groups in total. The summed E-state index contributed by atoms with van der Waals surface area (Å²) >= 11 is 6.26. The van der Waals surface area contributed by atoms with E-state index in [0.717, 1.165) is 17.7 Å². The highest BCUT2D eigenvalue weighted by Crippen LogP contribution is 2.39. The quantitative estimate of drug-likeness (QED) is 0.272. The van der Waals surface area contributed by atoms with Crippen LogP contribution in [0.25, 0.3) is 0 Å². The number of rotatable bonds is 15. The van der Waals surface area contributed by atoms with Gasteiger partial charge in [-0.2, -0.15) is 4.31 Å². The monoisotopic (exact) mass is 623 g/mol. The number of imide groups is 1. The number of methoxy groups -OCH3 is 1. The smallest absolute Gasteiger partial charge is 0.416 e. The third-order valence-electron chi connectivity index (χ3n) is 7.62. The van der Waals surface area contributed by atoms with Gasteiger partial charge in [0.15, 0.2) is 0 Å². The molecule has 2 aromatic carbocycles. The van der Waals surface area contributed by atoms with Gasteiger partial charge in [-0.1, -0.05) is 41.9 Å². The molecule has 0 radical (unpaired) electrons. The molecule has 0 unspecified atom stereocenters. The van der Waals surface area contributed by atoms with Crippen molar-refractivity contribution in [3.8, 4) is 0 Å². The molecule has 1 fully saturated rings. The van der Waals surface area contributed by atoms with Crippen molar-refractivity contribution in [3.63, 3.8) is 0 Å². The first-order valence-electron chi connectivity index (χ1n) is 14.2. The minimum Gasteiger partial charge on any atom is -0.452 e. The predicted octanol–water partition coefficient (Wildman–Crippen LogP) is 3.71. The number of carbonyl (C=O) groups excluding carboxylic acids is 2. The molecule has 12 heteroatoms. The largest absolute Gasteiger partial charge is 0.452 e. The summed E-state index contributed by atoms with van der Waals surface area (Å²) in [6, 6.07) is 10.4. The zero-order chi connectivity index (χ0) is 31.0. The van der Waals surface area contributed by atoms with Crippen molar-refractivity contribution in [2.24, 2.45) is 11.7 Å². The summed E-state index contributed by atoms with van der Waals surface area (Å²) in [6.07, 6.45) is 2.18. The number of hydrogen-bond donors (Lipinski definition) is 3. The summed E-state index contributed by atoms with van der Waals surface area (Å²) in [5, 5.41) is 20.1. The maximum absolute atomic E-state index is 13.6. The summed E-state index contributed by atoms with van der Waals surface area (Å²) in [5.74, 6) is -0.474. The molecular formula is C30H42ClN3O7S. The van der Waals surface area contributed by atoms with Gasteiger partial charge in [0.05, 0.1) is 31.3 Å². The Balaban J connectivity index is 1.76. The number of carbonyl (C=O) groups is 2. The lowest BCUT2D eigenvalue weighted by Gasteiger charge is -2.34. The lowest BCUT2D eigenvalue weighted by Crippen LogP contribution is -2.53. The first-order valence-corrected chi connectivity index (χ1v) is 16.0. The predicted molar refractivity (Wildman–Crippen MR) is 160 cm³/mol. The summed E-state index contributed by atoms with van der Waals surface area (Å²) in [7, 11) is -2.74. The van der Waals surface area contributed by atoms with Crippen LogP contribution in [0.4, 0.5) is 4.79 Å². The Morgan fingerprint density at radius 2 is 1.71 bits per heavy atom. The van der Waals surface area contributed by atoms with Gasteiger partial charge in [0, 0.05) is 23.1 Å². The van der Waals surface area contributed by atoms with E-state index in [1.165, 1.54) is 23.5 Å². The number of ether oxygens (including phenoxy) is 1. The fourth-order valence-electron chi connectivity index (χ4n) is 5.36. The number of benzene rings is 2. The second-order valence-electron chi connectivity index (χ2n) is 11.0. The molecule has 10 nitrogen and oxygen atoms in total. The zero-order valence-corrected chi connectivity index (χ0v) is 25.9. The van der Waals surface area contributed by atoms with Gasteiger partial charge in [-0.25, -0.2) is 18.1 Å². The van der Waals surface area contributed by atoms with E-state index in [1.807, 2.05) is 0 Å². The van der Waals surface area contributed by atoms with Crippen LogP contribution in [0, 0.1) is 5.92 Å². The average molecular weight is 624 g/mol. The normalized spacial score (nSPS) is 15.8. The standard InChI is InChI=1S/C30H42ClN3O7S/c1-20(2)34(42(39,40)25-15-11-21(18-35)12-16-25)24(19-36)8-6-10-28(22-13-14-22)33(30(38)41-3)29(37)27(32)17-23-7-4-5-9-26(23)31/h4-5,7,9,11-12,15-16,20,22,24,27-28,35-36H,6,8,10,13-14,17-19,32H2,1-3H3/t24-,27-,28+/m0/s1. The Morgan fingerprint density at radius 1 is 1.07 bits per heavy atom. The maximum Gasteiger partial charge on any atom is 0.416 e. The third-order valence-corrected chi connectivity index (χ3v) is 10.1. The molecule has 1 aliphatic carbocycles. The van der Waals surface area contributed by atoms with Crippen LogP contribution in [0.5, 0.6) is 0 Å². The van der Waals surface area contributed by atoms with E-state index in [9.17, 15) is 28.2 Å². The Hall–Kier alpha value is -2.54. The highest BCUT2D eigenvalue weighted by atomic mass is 35.5. The number of sulfonamides is 1. The molecule has 0 aliphatic heterocycles. The van der Waals surface area contributed by atoms with E-state index in [-0.39, 0.29) is 23.8 Å². The first kappa shape index (κ1) is 34.0. The Bertz CT molecular complexity index is 1300. The molecule has 0 heterocycles. The zero-order valence-electron chi connectivity index (χ0n) is 24.4. The Kier molecular flexibility index (Phi) is 12.3. The fraction of sp³-hybridized carbons (Fsp3) is 0.533. The fourth-order valence-corrected chi connectivity index (χ4v) is 7.41. The highest BCUT2D eigenvalue weighted by Gasteiger charge is 2.42. The van der Waals surface area contributed by atoms with Gasteiger partial charge in [0.25, 0.3) is 0 Å². The summed E-state index contributed by atoms with van der Waals surface area (Å²) in [6.45, 7) is 2.88. The van der Waals surface area contributed by atoms with E-state index in [2.05, 4.69) is 0 Å². The summed E-state index contributed by atoms with van der Waals surface area (Å²) in [5.41, 5.74) is 7.57. The van der Waals surface area contributed by atoms with Crippen molar-refractivity contribution in [2.45, 2.75) is 88.0 Å². The lowest BCUT2D eigenvalue weighted by molar-refractivity contribution is -0.133. The van der Waals surface area contributed by atoms with Gasteiger partial charge in [0.2, 0.25) is 15.9 Å². The molecule has 3 rings (SSSR count). The minimum absolute atomic E-state index is 0.0673. The summed E-state index contributed by atoms with van der Waals surface area (Å²) < 4.78 is 33.4. The Morgan fingerprint density at radius 3 is 2.24 bits per heavy atom. The maximum atomic E-state index is 13.6. The first-order chi connectivity index (χ1) is 20.0. The molecule has 42 heavy (non-hydrogen) atoms. The van der Waals surface area contributed by atoms with Crippen molar-refractivity contribution >= 4 is 33.6 Å². The number of aliphatic hydroxyl groups is 2. The molecule has 0 aromatic heterocycles. The molecule has 232 valence electrons. The molecule has 0 bridgehead atoms. The van der Waals surface area contributed by atoms with Crippen molar-refractivity contribution in [1.29, 1.82) is 0 Å². The topological polar surface area (TPSA) is 150 Å². The molecule has 1 saturated carbocycles. The molecule has 2 amide bonds. The van der Waals surface area contributed by atoms with Crippen LogP contribution in [-0.2, 0) is 32.6 Å². The number of amides is 2. The van der Waals surface area contributed by atoms with Crippen LogP contribution in [0.15, 0.2) is 53.4 Å². The van der Waals surface area contributed by atoms with Crippen LogP contribution < -0.4 is 5.73 Å². The number of aliphatic hydroxyl groups excluding tert-OH is 2. The minimum atomic E-state index is -3.96. The molecule has 1 aliphatic rings. The van der Waals surface area contributed by atoms with Crippen LogP contribution in [0.3, 0.4) is 0 Å². The Labute approximate surface area is 253 Å². The number of halogens is 1. The molecule has 0 spiro atoms. The van der Waals surface area contributed by atoms with Gasteiger partial charge in [-0.3, -0.25) is 4.79 Å². The SMILES string of the molecule is COC(=O)N(C(=O)[C@@H](N)Cc1ccccc1Cl)[C@H](CCC[C@@H](CO)N(C(C)C)S(=O)(=O)c1ccc(CO)cc1)C1CC1. The third kappa shape index (κ3) is 8.30. The van der Waals surface area contributed by atoms with Gasteiger partial charge in [-0.05, 0) is 87.6 Å². The van der Waals surface area contributed by atoms with Gasteiger partial charge < -0.3 is 20.7 Å². The number of nitrogens with two attached hydrogens (primary N) is 1. The van der Waals surface area contributed by atoms with Gasteiger partial charge in [-0.15, -0.1) is 0 Å². The average Bonchev–Trinajstić information content (AvgIpc) is 3.82. The van der Waals surface area contributed by atoms with E-state index in [4.69, 9.17) is 22.1 Å². The van der Waals surface area contributed by atoms with Crippen LogP contribution >= 0.6 is 11.6 Å². The molecule has 0 saturated heterocycles. The van der Waals surface area contributed by atoms with E-state index < -0.39 is 52.8 Å². The second kappa shape index (κ2) is 15.3. The van der Waals surface area contributed by atoms with E-state index in [1.54, 1.807) is 50.2 Å². The van der Waals surface area contributed by atoms with Crippen LogP contribution in [0.1, 0.15) is 57.1 Å². The lowest BCUT2D eigenvalue weighted by atomic mass is 9.99. The number of hydrogen-bond acceptors (Lipinski definition) is 8. The molecule has 3 atom stereocenters. The van der Waals surface area contributed by atoms with Crippen LogP contribution in [0.2, 0.25) is 5.02 Å². The summed E-state index contributed by atoms with van der Waals surface area (Å²) in [4.78, 5) is 27.6. The van der Waals surface area contributed by atoms with Crippen molar-refractivity contribution in [1.82, 2.24) is 9.21 Å². The van der Waals surface area contributed by atoms with Gasteiger partial charge in [0.1, 0.15) is 0 Å². The molecular weight excluding hydrogens is 582 g/mol. The second-order valence-corrected chi connectivity index (χ2v) is 13.2. The van der Waals surface area contributed by atoms with Crippen LogP contribution in [-0.4, -0.2) is 77.7 Å². The highest BCUT2D eigenvalue weighted by molar-refractivity contribution is 7.89. The van der Waals surface area contributed by atoms with Crippen molar-refractivity contribution in [3.05, 3.63) is 64.7 Å².